The van der Waals surface area contributed by atoms with Crippen LogP contribution in [-0.4, -0.2) is 22.8 Å². The molecule has 0 radical (unpaired) electrons. The Hall–Kier alpha value is -2.67. The minimum atomic E-state index is -0.0119. The molecule has 0 unspecified atom stereocenters. The van der Waals surface area contributed by atoms with E-state index in [1.54, 1.807) is 6.26 Å². The molecule has 0 bridgehead atoms. The van der Waals surface area contributed by atoms with Gasteiger partial charge in [-0.15, -0.1) is 0 Å². The summed E-state index contributed by atoms with van der Waals surface area (Å²) >= 11 is 1.46. The van der Waals surface area contributed by atoms with Crippen molar-refractivity contribution < 1.29 is 14.0 Å². The summed E-state index contributed by atoms with van der Waals surface area (Å²) in [5, 5.41) is 6.47. The zero-order valence-corrected chi connectivity index (χ0v) is 17.0. The smallest absolute Gasteiger partial charge is 0.226 e. The van der Waals surface area contributed by atoms with E-state index in [2.05, 4.69) is 15.6 Å². The van der Waals surface area contributed by atoms with E-state index in [0.717, 1.165) is 28.0 Å². The molecule has 0 aliphatic heterocycles. The van der Waals surface area contributed by atoms with Gasteiger partial charge in [-0.2, -0.15) is 0 Å². The molecular formula is C21H25N3O3S. The van der Waals surface area contributed by atoms with Crippen LogP contribution in [-0.2, 0) is 22.4 Å². The molecule has 2 N–H and O–H groups in total. The van der Waals surface area contributed by atoms with E-state index in [-0.39, 0.29) is 17.9 Å². The van der Waals surface area contributed by atoms with Crippen LogP contribution in [0.4, 0.5) is 5.13 Å². The number of benzene rings is 1. The lowest BCUT2D eigenvalue weighted by molar-refractivity contribution is -0.121. The molecule has 0 aliphatic carbocycles. The van der Waals surface area contributed by atoms with Gasteiger partial charge >= 0.3 is 0 Å². The standard InChI is InChI=1S/C21H25N3O3S/c1-3-5-19(25)24-21-23-17-9-7-15(13-18(17)28-21)8-10-20(26)22-14(2)12-16-6-4-11-27-16/h4,6-7,9,11,13-14H,3,5,8,10,12H2,1-2H3,(H,22,26)(H,23,24,25)/t14-/m1/s1. The van der Waals surface area contributed by atoms with E-state index < -0.39 is 0 Å². The highest BCUT2D eigenvalue weighted by atomic mass is 32.1. The molecule has 28 heavy (non-hydrogen) atoms. The number of carbonyl (C=O) groups excluding carboxylic acids is 2. The summed E-state index contributed by atoms with van der Waals surface area (Å²) < 4.78 is 6.32. The molecule has 0 saturated carbocycles. The number of furan rings is 1. The van der Waals surface area contributed by atoms with Crippen LogP contribution in [0.1, 0.15) is 44.4 Å². The third kappa shape index (κ3) is 5.66. The van der Waals surface area contributed by atoms with Crippen LogP contribution in [0.2, 0.25) is 0 Å². The maximum Gasteiger partial charge on any atom is 0.226 e. The average Bonchev–Trinajstić information content (AvgIpc) is 3.28. The molecule has 1 aromatic carbocycles. The van der Waals surface area contributed by atoms with Gasteiger partial charge in [0.2, 0.25) is 11.8 Å². The minimum absolute atomic E-state index is 0.0119. The van der Waals surface area contributed by atoms with Crippen molar-refractivity contribution in [3.8, 4) is 0 Å². The maximum atomic E-state index is 12.2. The minimum Gasteiger partial charge on any atom is -0.469 e. The number of aromatic nitrogens is 1. The number of aryl methyl sites for hydroxylation is 1. The van der Waals surface area contributed by atoms with Gasteiger partial charge in [0.1, 0.15) is 5.76 Å². The van der Waals surface area contributed by atoms with E-state index in [1.807, 2.05) is 44.2 Å². The van der Waals surface area contributed by atoms with Crippen molar-refractivity contribution in [1.82, 2.24) is 10.3 Å². The van der Waals surface area contributed by atoms with Crippen LogP contribution in [0.3, 0.4) is 0 Å². The molecule has 0 spiro atoms. The Morgan fingerprint density at radius 2 is 2.07 bits per heavy atom. The van der Waals surface area contributed by atoms with Gasteiger partial charge in [-0.1, -0.05) is 24.3 Å². The first-order chi connectivity index (χ1) is 13.5. The SMILES string of the molecule is CCCC(=O)Nc1nc2ccc(CCC(=O)N[C@H](C)Cc3ccco3)cc2s1. The molecule has 148 valence electrons. The van der Waals surface area contributed by atoms with Gasteiger partial charge in [0.15, 0.2) is 5.13 Å². The molecule has 0 fully saturated rings. The highest BCUT2D eigenvalue weighted by Crippen LogP contribution is 2.27. The fraction of sp³-hybridized carbons (Fsp3) is 0.381. The quantitative estimate of drug-likeness (QED) is 0.562. The van der Waals surface area contributed by atoms with Gasteiger partial charge in [-0.3, -0.25) is 9.59 Å². The van der Waals surface area contributed by atoms with Crippen LogP contribution < -0.4 is 10.6 Å². The van der Waals surface area contributed by atoms with Crippen LogP contribution in [0.5, 0.6) is 0 Å². The summed E-state index contributed by atoms with van der Waals surface area (Å²) in [5.74, 6) is 0.878. The summed E-state index contributed by atoms with van der Waals surface area (Å²) in [4.78, 5) is 28.4. The largest absolute Gasteiger partial charge is 0.469 e. The van der Waals surface area contributed by atoms with Gasteiger partial charge in [0, 0.05) is 25.3 Å². The molecule has 2 aromatic heterocycles. The van der Waals surface area contributed by atoms with Crippen molar-refractivity contribution in [1.29, 1.82) is 0 Å². The Morgan fingerprint density at radius 1 is 1.21 bits per heavy atom. The molecule has 2 amide bonds. The van der Waals surface area contributed by atoms with E-state index in [4.69, 9.17) is 4.42 Å². The van der Waals surface area contributed by atoms with Crippen molar-refractivity contribution >= 4 is 38.5 Å². The Labute approximate surface area is 168 Å². The lowest BCUT2D eigenvalue weighted by atomic mass is 10.1. The van der Waals surface area contributed by atoms with E-state index in [9.17, 15) is 9.59 Å². The second kappa shape index (κ2) is 9.50. The normalized spacial score (nSPS) is 12.1. The van der Waals surface area contributed by atoms with Crippen LogP contribution in [0, 0.1) is 0 Å². The first kappa shape index (κ1) is 20.1. The molecule has 3 aromatic rings. The number of hydrogen-bond acceptors (Lipinski definition) is 5. The highest BCUT2D eigenvalue weighted by molar-refractivity contribution is 7.22. The predicted molar refractivity (Wildman–Crippen MR) is 111 cm³/mol. The van der Waals surface area contributed by atoms with Gasteiger partial charge < -0.3 is 15.1 Å². The highest BCUT2D eigenvalue weighted by Gasteiger charge is 2.11. The predicted octanol–water partition coefficient (Wildman–Crippen LogP) is 4.31. The van der Waals surface area contributed by atoms with Crippen molar-refractivity contribution in [2.45, 2.75) is 52.0 Å². The van der Waals surface area contributed by atoms with Gasteiger partial charge in [0.05, 0.1) is 16.5 Å². The van der Waals surface area contributed by atoms with Crippen molar-refractivity contribution in [3.63, 3.8) is 0 Å². The Bertz CT molecular complexity index is 934. The second-order valence-corrected chi connectivity index (χ2v) is 7.90. The number of nitrogens with zero attached hydrogens (tertiary/aromatic N) is 1. The summed E-state index contributed by atoms with van der Waals surface area (Å²) in [6, 6.07) is 9.75. The first-order valence-corrected chi connectivity index (χ1v) is 10.4. The van der Waals surface area contributed by atoms with Gasteiger partial charge in [0.25, 0.3) is 0 Å². The fourth-order valence-electron chi connectivity index (χ4n) is 2.97. The number of anilines is 1. The number of carbonyl (C=O) groups is 2. The number of nitrogens with one attached hydrogen (secondary N) is 2. The lowest BCUT2D eigenvalue weighted by Gasteiger charge is -2.12. The van der Waals surface area contributed by atoms with Crippen LogP contribution in [0.15, 0.2) is 41.0 Å². The summed E-state index contributed by atoms with van der Waals surface area (Å²) in [6.45, 7) is 3.94. The van der Waals surface area contributed by atoms with Crippen molar-refractivity contribution in [2.24, 2.45) is 0 Å². The number of amides is 2. The number of thiazole rings is 1. The van der Waals surface area contributed by atoms with Gasteiger partial charge in [-0.05, 0) is 49.6 Å². The number of fused-ring (bicyclic) bond motifs is 1. The zero-order chi connectivity index (χ0) is 19.9. The van der Waals surface area contributed by atoms with E-state index >= 15 is 0 Å². The second-order valence-electron chi connectivity index (χ2n) is 6.87. The molecule has 2 heterocycles. The molecule has 0 aliphatic rings. The summed E-state index contributed by atoms with van der Waals surface area (Å²) in [7, 11) is 0. The van der Waals surface area contributed by atoms with Crippen LogP contribution >= 0.6 is 11.3 Å². The Balaban J connectivity index is 1.52. The Kier molecular flexibility index (Phi) is 6.81. The lowest BCUT2D eigenvalue weighted by Crippen LogP contribution is -2.34. The number of rotatable bonds is 9. The van der Waals surface area contributed by atoms with Crippen LogP contribution in [0.25, 0.3) is 10.2 Å². The molecular weight excluding hydrogens is 374 g/mol. The van der Waals surface area contributed by atoms with Crippen molar-refractivity contribution in [2.75, 3.05) is 5.32 Å². The molecule has 7 heteroatoms. The van der Waals surface area contributed by atoms with Gasteiger partial charge in [-0.25, -0.2) is 4.98 Å². The maximum absolute atomic E-state index is 12.2. The summed E-state index contributed by atoms with van der Waals surface area (Å²) in [6.07, 6.45) is 4.70. The number of hydrogen-bond donors (Lipinski definition) is 2. The fourth-order valence-corrected chi connectivity index (χ4v) is 3.92. The third-order valence-electron chi connectivity index (χ3n) is 4.31. The first-order valence-electron chi connectivity index (χ1n) is 9.54. The van der Waals surface area contributed by atoms with E-state index in [1.165, 1.54) is 11.3 Å². The summed E-state index contributed by atoms with van der Waals surface area (Å²) in [5.41, 5.74) is 1.94. The molecule has 1 atom stereocenters. The topological polar surface area (TPSA) is 84.2 Å². The van der Waals surface area contributed by atoms with Crippen molar-refractivity contribution in [3.05, 3.63) is 47.9 Å². The third-order valence-corrected chi connectivity index (χ3v) is 5.25. The molecule has 6 nitrogen and oxygen atoms in total. The molecule has 3 rings (SSSR count). The average molecular weight is 400 g/mol. The Morgan fingerprint density at radius 3 is 2.82 bits per heavy atom. The monoisotopic (exact) mass is 399 g/mol. The molecule has 0 saturated heterocycles. The zero-order valence-electron chi connectivity index (χ0n) is 16.2. The van der Waals surface area contributed by atoms with E-state index in [0.29, 0.717) is 30.8 Å².